The molecule has 1 aliphatic carbocycles. The molecule has 3 rings (SSSR count). The van der Waals surface area contributed by atoms with Gasteiger partial charge in [-0.15, -0.1) is 0 Å². The fourth-order valence-electron chi connectivity index (χ4n) is 3.14. The molecule has 1 aromatic carbocycles. The molecule has 1 fully saturated rings. The summed E-state index contributed by atoms with van der Waals surface area (Å²) in [4.78, 5) is 23.3. The van der Waals surface area contributed by atoms with Crippen LogP contribution in [0.5, 0.6) is 0 Å². The maximum atomic E-state index is 12.2. The Morgan fingerprint density at radius 3 is 2.46 bits per heavy atom. The van der Waals surface area contributed by atoms with Crippen molar-refractivity contribution in [2.24, 2.45) is 5.73 Å². The van der Waals surface area contributed by atoms with E-state index in [1.54, 1.807) is 36.4 Å². The van der Waals surface area contributed by atoms with E-state index in [9.17, 15) is 9.59 Å². The van der Waals surface area contributed by atoms with Gasteiger partial charge in [0.2, 0.25) is 0 Å². The van der Waals surface area contributed by atoms with Gasteiger partial charge in [0, 0.05) is 28.7 Å². The molecule has 26 heavy (non-hydrogen) atoms. The lowest BCUT2D eigenvalue weighted by Gasteiger charge is -2.20. The summed E-state index contributed by atoms with van der Waals surface area (Å²) in [5.41, 5.74) is 6.59. The number of rotatable bonds is 7. The molecule has 6 heteroatoms. The van der Waals surface area contributed by atoms with Crippen LogP contribution in [-0.2, 0) is 0 Å². The molecular formula is C20H24N2O3S. The van der Waals surface area contributed by atoms with Crippen molar-refractivity contribution in [3.8, 4) is 11.3 Å². The van der Waals surface area contributed by atoms with Crippen LogP contribution in [0.4, 0.5) is 0 Å². The van der Waals surface area contributed by atoms with Crippen LogP contribution in [0.2, 0.25) is 0 Å². The first-order valence-corrected chi connectivity index (χ1v) is 10.1. The second kappa shape index (κ2) is 8.94. The summed E-state index contributed by atoms with van der Waals surface area (Å²) in [5.74, 6) is 0.958. The molecule has 138 valence electrons. The number of carbonyl (C=O) groups is 2. The highest BCUT2D eigenvalue weighted by atomic mass is 32.2. The van der Waals surface area contributed by atoms with E-state index in [0.717, 1.165) is 16.6 Å². The van der Waals surface area contributed by atoms with Gasteiger partial charge in [0.15, 0.2) is 5.76 Å². The van der Waals surface area contributed by atoms with E-state index < -0.39 is 5.91 Å². The van der Waals surface area contributed by atoms with E-state index in [-0.39, 0.29) is 11.7 Å². The number of furan rings is 1. The van der Waals surface area contributed by atoms with Gasteiger partial charge in [0.25, 0.3) is 11.8 Å². The molecule has 2 amide bonds. The predicted molar refractivity (Wildman–Crippen MR) is 104 cm³/mol. The Morgan fingerprint density at radius 2 is 1.81 bits per heavy atom. The fourth-order valence-corrected chi connectivity index (χ4v) is 4.36. The molecule has 1 aliphatic rings. The van der Waals surface area contributed by atoms with Crippen molar-refractivity contribution >= 4 is 23.6 Å². The Kier molecular flexibility index (Phi) is 6.39. The van der Waals surface area contributed by atoms with Crippen molar-refractivity contribution in [1.82, 2.24) is 5.32 Å². The number of nitrogens with two attached hydrogens (primary N) is 1. The number of nitrogens with one attached hydrogen (secondary N) is 1. The van der Waals surface area contributed by atoms with Gasteiger partial charge in [-0.05, 0) is 37.1 Å². The van der Waals surface area contributed by atoms with Crippen molar-refractivity contribution < 1.29 is 14.0 Å². The maximum absolute atomic E-state index is 12.2. The van der Waals surface area contributed by atoms with Gasteiger partial charge in [-0.3, -0.25) is 9.59 Å². The van der Waals surface area contributed by atoms with Crippen molar-refractivity contribution in [3.63, 3.8) is 0 Å². The average molecular weight is 372 g/mol. The summed E-state index contributed by atoms with van der Waals surface area (Å²) in [5, 5.41) is 3.73. The second-order valence-electron chi connectivity index (χ2n) is 6.49. The molecular weight excluding hydrogens is 348 g/mol. The highest BCUT2D eigenvalue weighted by molar-refractivity contribution is 7.99. The van der Waals surface area contributed by atoms with Gasteiger partial charge in [-0.2, -0.15) is 11.8 Å². The molecule has 0 saturated heterocycles. The molecule has 0 bridgehead atoms. The Hall–Kier alpha value is -2.21. The molecule has 3 N–H and O–H groups in total. The van der Waals surface area contributed by atoms with Crippen LogP contribution >= 0.6 is 11.8 Å². The van der Waals surface area contributed by atoms with Crippen LogP contribution in [0.15, 0.2) is 40.8 Å². The first kappa shape index (κ1) is 18.6. The number of benzene rings is 1. The van der Waals surface area contributed by atoms with Gasteiger partial charge in [-0.1, -0.05) is 31.4 Å². The summed E-state index contributed by atoms with van der Waals surface area (Å²) < 4.78 is 5.39. The van der Waals surface area contributed by atoms with Crippen LogP contribution in [0.3, 0.4) is 0 Å². The van der Waals surface area contributed by atoms with Gasteiger partial charge >= 0.3 is 0 Å². The van der Waals surface area contributed by atoms with Crippen LogP contribution in [-0.4, -0.2) is 29.4 Å². The van der Waals surface area contributed by atoms with Crippen LogP contribution < -0.4 is 11.1 Å². The minimum absolute atomic E-state index is 0.0712. The third kappa shape index (κ3) is 4.91. The molecule has 0 spiro atoms. The summed E-state index contributed by atoms with van der Waals surface area (Å²) >= 11 is 1.97. The van der Waals surface area contributed by atoms with Gasteiger partial charge in [0.1, 0.15) is 5.76 Å². The predicted octanol–water partition coefficient (Wildman–Crippen LogP) is 3.84. The average Bonchev–Trinajstić information content (AvgIpc) is 3.17. The lowest BCUT2D eigenvalue weighted by atomic mass is 10.0. The number of carbonyl (C=O) groups excluding carboxylic acids is 2. The van der Waals surface area contributed by atoms with E-state index in [0.29, 0.717) is 17.9 Å². The molecule has 0 atom stereocenters. The first-order valence-electron chi connectivity index (χ1n) is 9.03. The standard InChI is InChI=1S/C20H24N2O3S/c21-19(23)18-11-10-17(25-18)14-6-8-15(9-7-14)20(24)22-12-13-26-16-4-2-1-3-5-16/h6-11,16H,1-5,12-13H2,(H2,21,23)(H,22,24). The van der Waals surface area contributed by atoms with E-state index >= 15 is 0 Å². The van der Waals surface area contributed by atoms with Crippen molar-refractivity contribution in [3.05, 3.63) is 47.7 Å². The smallest absolute Gasteiger partial charge is 0.284 e. The zero-order valence-electron chi connectivity index (χ0n) is 14.7. The topological polar surface area (TPSA) is 85.3 Å². The number of primary amides is 1. The SMILES string of the molecule is NC(=O)c1ccc(-c2ccc(C(=O)NCCSC3CCCCC3)cc2)o1. The van der Waals surface area contributed by atoms with E-state index in [4.69, 9.17) is 10.2 Å². The Morgan fingerprint density at radius 1 is 1.08 bits per heavy atom. The molecule has 0 unspecified atom stereocenters. The lowest BCUT2D eigenvalue weighted by molar-refractivity contribution is 0.0953. The molecule has 0 radical (unpaired) electrons. The lowest BCUT2D eigenvalue weighted by Crippen LogP contribution is -2.26. The van der Waals surface area contributed by atoms with E-state index in [2.05, 4.69) is 5.32 Å². The molecule has 1 saturated carbocycles. The molecule has 0 aliphatic heterocycles. The Balaban J connectivity index is 1.47. The number of amides is 2. The van der Waals surface area contributed by atoms with Crippen molar-refractivity contribution in [2.45, 2.75) is 37.4 Å². The third-order valence-electron chi connectivity index (χ3n) is 4.57. The third-order valence-corrected chi connectivity index (χ3v) is 5.96. The highest BCUT2D eigenvalue weighted by Gasteiger charge is 2.14. The van der Waals surface area contributed by atoms with Gasteiger partial charge in [-0.25, -0.2) is 0 Å². The zero-order chi connectivity index (χ0) is 18.4. The fraction of sp³-hybridized carbons (Fsp3) is 0.400. The minimum Gasteiger partial charge on any atom is -0.451 e. The molecule has 2 aromatic rings. The number of hydrogen-bond donors (Lipinski definition) is 2. The number of hydrogen-bond acceptors (Lipinski definition) is 4. The first-order chi connectivity index (χ1) is 12.6. The van der Waals surface area contributed by atoms with Gasteiger partial charge < -0.3 is 15.5 Å². The summed E-state index contributed by atoms with van der Waals surface area (Å²) in [6.45, 7) is 0.682. The Labute approximate surface area is 157 Å². The number of thioether (sulfide) groups is 1. The Bertz CT molecular complexity index is 749. The normalized spacial score (nSPS) is 14.9. The highest BCUT2D eigenvalue weighted by Crippen LogP contribution is 2.27. The van der Waals surface area contributed by atoms with Crippen LogP contribution in [0.1, 0.15) is 53.0 Å². The monoisotopic (exact) mass is 372 g/mol. The zero-order valence-corrected chi connectivity index (χ0v) is 15.5. The van der Waals surface area contributed by atoms with E-state index in [1.807, 2.05) is 11.8 Å². The van der Waals surface area contributed by atoms with Crippen molar-refractivity contribution in [2.75, 3.05) is 12.3 Å². The van der Waals surface area contributed by atoms with Crippen LogP contribution in [0, 0.1) is 0 Å². The maximum Gasteiger partial charge on any atom is 0.284 e. The second-order valence-corrected chi connectivity index (χ2v) is 7.90. The molecule has 5 nitrogen and oxygen atoms in total. The summed E-state index contributed by atoms with van der Waals surface area (Å²) in [6, 6.07) is 10.3. The minimum atomic E-state index is -0.599. The van der Waals surface area contributed by atoms with E-state index in [1.165, 1.54) is 32.1 Å². The largest absolute Gasteiger partial charge is 0.451 e. The van der Waals surface area contributed by atoms with Crippen molar-refractivity contribution in [1.29, 1.82) is 0 Å². The van der Waals surface area contributed by atoms with Gasteiger partial charge in [0.05, 0.1) is 0 Å². The summed E-state index contributed by atoms with van der Waals surface area (Å²) in [7, 11) is 0. The quantitative estimate of drug-likeness (QED) is 0.723. The molecule has 1 heterocycles. The molecule has 1 aromatic heterocycles. The summed E-state index contributed by atoms with van der Waals surface area (Å²) in [6.07, 6.45) is 6.67. The van der Waals surface area contributed by atoms with Crippen LogP contribution in [0.25, 0.3) is 11.3 Å².